The molecule has 0 N–H and O–H groups in total. The Kier molecular flexibility index (Phi) is 2.75. The first-order chi connectivity index (χ1) is 6.86. The van der Waals surface area contributed by atoms with Crippen LogP contribution in [0.4, 0.5) is 0 Å². The van der Waals surface area contributed by atoms with Crippen molar-refractivity contribution in [1.29, 1.82) is 0 Å². The number of carbonyl (C=O) groups is 1. The lowest BCUT2D eigenvalue weighted by Crippen LogP contribution is -2.00. The normalized spacial score (nSPS) is 10.0. The van der Waals surface area contributed by atoms with Crippen molar-refractivity contribution < 1.29 is 4.79 Å². The van der Waals surface area contributed by atoms with E-state index in [4.69, 9.17) is 0 Å². The topological polar surface area (TPSA) is 17.1 Å². The van der Waals surface area contributed by atoms with Gasteiger partial charge in [0, 0.05) is 6.42 Å². The third kappa shape index (κ3) is 2.09. The van der Waals surface area contributed by atoms with Crippen molar-refractivity contribution in [2.75, 3.05) is 0 Å². The van der Waals surface area contributed by atoms with Crippen LogP contribution in [0.15, 0.2) is 41.8 Å². The molecule has 2 heteroatoms. The van der Waals surface area contributed by atoms with Gasteiger partial charge in [-0.1, -0.05) is 30.3 Å². The van der Waals surface area contributed by atoms with Gasteiger partial charge in [0.2, 0.25) is 0 Å². The number of Topliss-reactive ketones (excluding diaryl/α,β-unsaturated/α-hetero) is 1. The number of hydrogen-bond acceptors (Lipinski definition) is 2. The van der Waals surface area contributed by atoms with Crippen molar-refractivity contribution in [3.8, 4) is 0 Å². The SMILES string of the molecule is O=C(Cc1c[c]ccc1)c1cccs1. The van der Waals surface area contributed by atoms with E-state index in [9.17, 15) is 4.79 Å². The van der Waals surface area contributed by atoms with Gasteiger partial charge >= 0.3 is 0 Å². The summed E-state index contributed by atoms with van der Waals surface area (Å²) < 4.78 is 0. The van der Waals surface area contributed by atoms with Crippen LogP contribution in [0.2, 0.25) is 0 Å². The molecule has 2 aromatic rings. The molecule has 0 bridgehead atoms. The third-order valence-corrected chi connectivity index (χ3v) is 2.84. The molecule has 0 aliphatic rings. The molecule has 0 saturated heterocycles. The van der Waals surface area contributed by atoms with E-state index in [1.54, 1.807) is 0 Å². The van der Waals surface area contributed by atoms with Gasteiger partial charge in [0.1, 0.15) is 0 Å². The summed E-state index contributed by atoms with van der Waals surface area (Å²) in [6.07, 6.45) is 0.470. The van der Waals surface area contributed by atoms with Gasteiger partial charge in [-0.15, -0.1) is 11.3 Å². The first-order valence-corrected chi connectivity index (χ1v) is 5.26. The molecule has 0 atom stereocenters. The molecule has 2 rings (SSSR count). The van der Waals surface area contributed by atoms with E-state index in [-0.39, 0.29) is 5.78 Å². The zero-order valence-electron chi connectivity index (χ0n) is 7.57. The second-order valence-electron chi connectivity index (χ2n) is 2.99. The predicted molar refractivity (Wildman–Crippen MR) is 57.6 cm³/mol. The van der Waals surface area contributed by atoms with Gasteiger partial charge in [-0.05, 0) is 23.1 Å². The summed E-state index contributed by atoms with van der Waals surface area (Å²) in [5.41, 5.74) is 1.02. The molecule has 1 nitrogen and oxygen atoms in total. The van der Waals surface area contributed by atoms with Crippen LogP contribution in [0.5, 0.6) is 0 Å². The first-order valence-electron chi connectivity index (χ1n) is 4.38. The number of benzene rings is 1. The fourth-order valence-corrected chi connectivity index (χ4v) is 1.91. The second-order valence-corrected chi connectivity index (χ2v) is 3.94. The molecule has 1 aromatic heterocycles. The van der Waals surface area contributed by atoms with Crippen LogP contribution in [-0.2, 0) is 6.42 Å². The Labute approximate surface area is 87.0 Å². The van der Waals surface area contributed by atoms with Crippen LogP contribution < -0.4 is 0 Å². The molecule has 1 heterocycles. The van der Waals surface area contributed by atoms with Gasteiger partial charge in [-0.3, -0.25) is 4.79 Å². The molecule has 0 spiro atoms. The number of thiophene rings is 1. The molecule has 1 radical (unpaired) electrons. The highest BCUT2D eigenvalue weighted by Gasteiger charge is 2.06. The lowest BCUT2D eigenvalue weighted by Gasteiger charge is -1.97. The Morgan fingerprint density at radius 1 is 1.36 bits per heavy atom. The molecular weight excluding hydrogens is 192 g/mol. The number of rotatable bonds is 3. The Morgan fingerprint density at radius 2 is 2.29 bits per heavy atom. The van der Waals surface area contributed by atoms with E-state index in [2.05, 4.69) is 6.07 Å². The van der Waals surface area contributed by atoms with Crippen molar-refractivity contribution in [3.63, 3.8) is 0 Å². The van der Waals surface area contributed by atoms with Crippen LogP contribution in [-0.4, -0.2) is 5.78 Å². The van der Waals surface area contributed by atoms with E-state index >= 15 is 0 Å². The summed E-state index contributed by atoms with van der Waals surface area (Å²) in [6.45, 7) is 0. The molecule has 0 unspecified atom stereocenters. The minimum absolute atomic E-state index is 0.180. The van der Waals surface area contributed by atoms with Crippen molar-refractivity contribution in [3.05, 3.63) is 58.3 Å². The molecule has 0 amide bonds. The Balaban J connectivity index is 2.10. The minimum Gasteiger partial charge on any atom is -0.293 e. The van der Waals surface area contributed by atoms with Gasteiger partial charge in [0.05, 0.1) is 4.88 Å². The Bertz CT molecular complexity index is 403. The monoisotopic (exact) mass is 201 g/mol. The highest BCUT2D eigenvalue weighted by molar-refractivity contribution is 7.12. The zero-order chi connectivity index (χ0) is 9.80. The summed E-state index contributed by atoms with van der Waals surface area (Å²) >= 11 is 1.49. The number of carbonyl (C=O) groups excluding carboxylic acids is 1. The maximum absolute atomic E-state index is 11.7. The van der Waals surface area contributed by atoms with Gasteiger partial charge in [-0.25, -0.2) is 0 Å². The zero-order valence-corrected chi connectivity index (χ0v) is 8.38. The second kappa shape index (κ2) is 4.20. The Hall–Kier alpha value is -1.41. The third-order valence-electron chi connectivity index (χ3n) is 1.93. The summed E-state index contributed by atoms with van der Waals surface area (Å²) in [5.74, 6) is 0.180. The van der Waals surface area contributed by atoms with E-state index in [0.717, 1.165) is 10.4 Å². The van der Waals surface area contributed by atoms with Crippen molar-refractivity contribution in [2.24, 2.45) is 0 Å². The van der Waals surface area contributed by atoms with Gasteiger partial charge in [0.25, 0.3) is 0 Å². The van der Waals surface area contributed by atoms with Crippen LogP contribution in [0, 0.1) is 6.07 Å². The fourth-order valence-electron chi connectivity index (χ4n) is 1.25. The van der Waals surface area contributed by atoms with Crippen LogP contribution >= 0.6 is 11.3 Å². The smallest absolute Gasteiger partial charge is 0.177 e. The molecular formula is C12H9OS. The predicted octanol–water partition coefficient (Wildman–Crippen LogP) is 2.97. The maximum Gasteiger partial charge on any atom is 0.177 e. The van der Waals surface area contributed by atoms with E-state index in [1.807, 2.05) is 41.8 Å². The average molecular weight is 201 g/mol. The van der Waals surface area contributed by atoms with Gasteiger partial charge in [0.15, 0.2) is 5.78 Å². The number of ketones is 1. The lowest BCUT2D eigenvalue weighted by molar-refractivity contribution is 0.0997. The van der Waals surface area contributed by atoms with Crippen molar-refractivity contribution in [2.45, 2.75) is 6.42 Å². The average Bonchev–Trinajstić information content (AvgIpc) is 2.72. The van der Waals surface area contributed by atoms with E-state index < -0.39 is 0 Å². The molecule has 0 fully saturated rings. The summed E-state index contributed by atoms with van der Waals surface area (Å²) in [7, 11) is 0. The van der Waals surface area contributed by atoms with Crippen LogP contribution in [0.25, 0.3) is 0 Å². The molecule has 14 heavy (non-hydrogen) atoms. The van der Waals surface area contributed by atoms with Gasteiger partial charge < -0.3 is 0 Å². The summed E-state index contributed by atoms with van der Waals surface area (Å²) in [6, 6.07) is 14.3. The Morgan fingerprint density at radius 3 is 2.93 bits per heavy atom. The van der Waals surface area contributed by atoms with Crippen molar-refractivity contribution in [1.82, 2.24) is 0 Å². The highest BCUT2D eigenvalue weighted by Crippen LogP contribution is 2.12. The molecule has 0 aliphatic heterocycles. The molecule has 0 saturated carbocycles. The van der Waals surface area contributed by atoms with Crippen LogP contribution in [0.3, 0.4) is 0 Å². The highest BCUT2D eigenvalue weighted by atomic mass is 32.1. The fraction of sp³-hybridized carbons (Fsp3) is 0.0833. The molecule has 69 valence electrons. The summed E-state index contributed by atoms with van der Waals surface area (Å²) in [4.78, 5) is 12.5. The van der Waals surface area contributed by atoms with E-state index in [0.29, 0.717) is 6.42 Å². The van der Waals surface area contributed by atoms with Crippen LogP contribution in [0.1, 0.15) is 15.2 Å². The number of hydrogen-bond donors (Lipinski definition) is 0. The molecule has 1 aromatic carbocycles. The minimum atomic E-state index is 0.180. The first kappa shape index (κ1) is 9.16. The lowest BCUT2D eigenvalue weighted by atomic mass is 10.1. The standard InChI is InChI=1S/C12H9OS/c13-11(12-7-4-8-14-12)9-10-5-2-1-3-6-10/h1-2,4-8H,9H2. The summed E-state index contributed by atoms with van der Waals surface area (Å²) in [5, 5.41) is 1.92. The maximum atomic E-state index is 11.7. The van der Waals surface area contributed by atoms with Crippen molar-refractivity contribution >= 4 is 17.1 Å². The van der Waals surface area contributed by atoms with Gasteiger partial charge in [-0.2, -0.15) is 0 Å². The largest absolute Gasteiger partial charge is 0.293 e. The van der Waals surface area contributed by atoms with E-state index in [1.165, 1.54) is 11.3 Å². The molecule has 0 aliphatic carbocycles. The quantitative estimate of drug-likeness (QED) is 0.698.